The lowest BCUT2D eigenvalue weighted by atomic mass is 9.84. The van der Waals surface area contributed by atoms with Gasteiger partial charge in [-0.3, -0.25) is 0 Å². The van der Waals surface area contributed by atoms with Gasteiger partial charge in [0.05, 0.1) is 7.11 Å². The van der Waals surface area contributed by atoms with Gasteiger partial charge < -0.3 is 9.53 Å². The average Bonchev–Trinajstić information content (AvgIpc) is 2.70. The predicted octanol–water partition coefficient (Wildman–Crippen LogP) is 6.16. The second-order valence-corrected chi connectivity index (χ2v) is 7.88. The fraction of sp³-hybridized carbons (Fsp3) is 0.435. The molecule has 0 spiro atoms. The summed E-state index contributed by atoms with van der Waals surface area (Å²) in [6, 6.07) is 16.7. The number of thioether (sulfide) groups is 1. The normalized spacial score (nSPS) is 13.2. The number of rotatable bonds is 11. The highest BCUT2D eigenvalue weighted by molar-refractivity contribution is 7.99. The van der Waals surface area contributed by atoms with E-state index in [4.69, 9.17) is 4.74 Å². The molecule has 26 heavy (non-hydrogen) atoms. The van der Waals surface area contributed by atoms with Crippen LogP contribution in [0.2, 0.25) is 0 Å². The SMILES string of the molecule is CCCCC(C=O)(CC)CSc1ccc(OC)cc1Cc1ccccc1. The Balaban J connectivity index is 2.20. The smallest absolute Gasteiger partial charge is 0.126 e. The van der Waals surface area contributed by atoms with Gasteiger partial charge in [-0.25, -0.2) is 0 Å². The molecule has 140 valence electrons. The number of methoxy groups -OCH3 is 1. The lowest BCUT2D eigenvalue weighted by Crippen LogP contribution is -2.25. The van der Waals surface area contributed by atoms with E-state index in [-0.39, 0.29) is 5.41 Å². The molecule has 0 saturated carbocycles. The number of unbranched alkanes of at least 4 members (excludes halogenated alkanes) is 1. The maximum Gasteiger partial charge on any atom is 0.126 e. The summed E-state index contributed by atoms with van der Waals surface area (Å²) in [6.45, 7) is 4.31. The molecule has 0 N–H and O–H groups in total. The molecule has 0 aromatic heterocycles. The monoisotopic (exact) mass is 370 g/mol. The second kappa shape index (κ2) is 10.4. The number of carbonyl (C=O) groups excluding carboxylic acids is 1. The van der Waals surface area contributed by atoms with Crippen LogP contribution < -0.4 is 4.74 Å². The minimum Gasteiger partial charge on any atom is -0.497 e. The van der Waals surface area contributed by atoms with Crippen LogP contribution in [0.25, 0.3) is 0 Å². The Hall–Kier alpha value is -1.74. The molecule has 3 heteroatoms. The Morgan fingerprint density at radius 1 is 1.12 bits per heavy atom. The van der Waals surface area contributed by atoms with Crippen molar-refractivity contribution in [3.05, 3.63) is 59.7 Å². The van der Waals surface area contributed by atoms with Crippen molar-refractivity contribution in [3.8, 4) is 5.75 Å². The van der Waals surface area contributed by atoms with Crippen molar-refractivity contribution in [1.82, 2.24) is 0 Å². The molecule has 0 radical (unpaired) electrons. The summed E-state index contributed by atoms with van der Waals surface area (Å²) in [5.41, 5.74) is 2.32. The molecule has 0 fully saturated rings. The first-order valence-corrected chi connectivity index (χ1v) is 10.4. The molecule has 0 bridgehead atoms. The maximum atomic E-state index is 11.8. The molecular weight excluding hydrogens is 340 g/mol. The summed E-state index contributed by atoms with van der Waals surface area (Å²) in [5, 5.41) is 0. The van der Waals surface area contributed by atoms with E-state index in [1.165, 1.54) is 22.3 Å². The molecule has 0 aliphatic heterocycles. The van der Waals surface area contributed by atoms with Gasteiger partial charge in [0.25, 0.3) is 0 Å². The Morgan fingerprint density at radius 2 is 1.88 bits per heavy atom. The first kappa shape index (κ1) is 20.6. The number of benzene rings is 2. The molecule has 2 rings (SSSR count). The minimum atomic E-state index is -0.218. The van der Waals surface area contributed by atoms with Gasteiger partial charge in [-0.1, -0.05) is 57.0 Å². The molecule has 0 saturated heterocycles. The lowest BCUT2D eigenvalue weighted by Gasteiger charge is -2.26. The standard InChI is InChI=1S/C23H30O2S/c1-4-6-14-23(5-2,17-24)18-26-22-13-12-21(25-3)16-20(22)15-19-10-8-7-9-11-19/h7-13,16-17H,4-6,14-15,18H2,1-3H3. The molecule has 2 nitrogen and oxygen atoms in total. The topological polar surface area (TPSA) is 26.3 Å². The van der Waals surface area contributed by atoms with Crippen molar-refractivity contribution >= 4 is 18.0 Å². The lowest BCUT2D eigenvalue weighted by molar-refractivity contribution is -0.115. The predicted molar refractivity (Wildman–Crippen MR) is 111 cm³/mol. The van der Waals surface area contributed by atoms with Gasteiger partial charge in [0.2, 0.25) is 0 Å². The fourth-order valence-electron chi connectivity index (χ4n) is 3.06. The van der Waals surface area contributed by atoms with Crippen molar-refractivity contribution in [2.24, 2.45) is 5.41 Å². The van der Waals surface area contributed by atoms with Crippen molar-refractivity contribution in [1.29, 1.82) is 0 Å². The summed E-state index contributed by atoms with van der Waals surface area (Å²) < 4.78 is 5.42. The molecule has 0 heterocycles. The van der Waals surface area contributed by atoms with Crippen molar-refractivity contribution < 1.29 is 9.53 Å². The average molecular weight is 371 g/mol. The number of ether oxygens (including phenoxy) is 1. The van der Waals surface area contributed by atoms with Gasteiger partial charge in [0.1, 0.15) is 12.0 Å². The second-order valence-electron chi connectivity index (χ2n) is 6.86. The third-order valence-corrected chi connectivity index (χ3v) is 6.43. The van der Waals surface area contributed by atoms with E-state index in [2.05, 4.69) is 50.2 Å². The molecule has 0 amide bonds. The largest absolute Gasteiger partial charge is 0.497 e. The van der Waals surface area contributed by atoms with E-state index in [0.29, 0.717) is 0 Å². The van der Waals surface area contributed by atoms with Gasteiger partial charge in [-0.2, -0.15) is 0 Å². The van der Waals surface area contributed by atoms with Crippen LogP contribution in [-0.4, -0.2) is 19.1 Å². The van der Waals surface area contributed by atoms with Crippen LogP contribution in [0.5, 0.6) is 5.75 Å². The zero-order valence-electron chi connectivity index (χ0n) is 16.2. The Bertz CT molecular complexity index is 684. The van der Waals surface area contributed by atoms with Crippen LogP contribution in [0.4, 0.5) is 0 Å². The van der Waals surface area contributed by atoms with Crippen molar-refractivity contribution in [2.45, 2.75) is 50.8 Å². The van der Waals surface area contributed by atoms with Gasteiger partial charge in [-0.05, 0) is 48.6 Å². The number of hydrogen-bond donors (Lipinski definition) is 0. The Morgan fingerprint density at radius 3 is 2.50 bits per heavy atom. The van der Waals surface area contributed by atoms with E-state index in [1.54, 1.807) is 18.9 Å². The number of hydrogen-bond acceptors (Lipinski definition) is 3. The van der Waals surface area contributed by atoms with E-state index < -0.39 is 0 Å². The van der Waals surface area contributed by atoms with Crippen LogP contribution in [0, 0.1) is 5.41 Å². The van der Waals surface area contributed by atoms with Crippen LogP contribution in [0.15, 0.2) is 53.4 Å². The van der Waals surface area contributed by atoms with Crippen LogP contribution in [-0.2, 0) is 11.2 Å². The Kier molecular flexibility index (Phi) is 8.24. The highest BCUT2D eigenvalue weighted by atomic mass is 32.2. The van der Waals surface area contributed by atoms with Gasteiger partial charge >= 0.3 is 0 Å². The summed E-state index contributed by atoms with van der Waals surface area (Å²) >= 11 is 1.81. The number of aldehydes is 1. The first-order valence-electron chi connectivity index (χ1n) is 9.46. The van der Waals surface area contributed by atoms with Gasteiger partial charge in [-0.15, -0.1) is 11.8 Å². The van der Waals surface area contributed by atoms with Crippen molar-refractivity contribution in [2.75, 3.05) is 12.9 Å². The first-order chi connectivity index (χ1) is 12.7. The Labute approximate surface area is 162 Å². The van der Waals surface area contributed by atoms with E-state index in [0.717, 1.165) is 43.6 Å². The molecule has 1 atom stereocenters. The third-order valence-electron chi connectivity index (χ3n) is 5.00. The summed E-state index contributed by atoms with van der Waals surface area (Å²) in [7, 11) is 1.70. The highest BCUT2D eigenvalue weighted by Gasteiger charge is 2.27. The summed E-state index contributed by atoms with van der Waals surface area (Å²) in [6.07, 6.45) is 6.16. The van der Waals surface area contributed by atoms with Crippen LogP contribution >= 0.6 is 11.8 Å². The maximum absolute atomic E-state index is 11.8. The zero-order valence-corrected chi connectivity index (χ0v) is 17.0. The molecule has 0 aliphatic carbocycles. The quantitative estimate of drug-likeness (QED) is 0.350. The van der Waals surface area contributed by atoms with Crippen molar-refractivity contribution in [3.63, 3.8) is 0 Å². The molecule has 0 aliphatic rings. The summed E-state index contributed by atoms with van der Waals surface area (Å²) in [4.78, 5) is 13.1. The third kappa shape index (κ3) is 5.63. The van der Waals surface area contributed by atoms with E-state index >= 15 is 0 Å². The highest BCUT2D eigenvalue weighted by Crippen LogP contribution is 2.36. The minimum absolute atomic E-state index is 0.218. The van der Waals surface area contributed by atoms with Crippen LogP contribution in [0.3, 0.4) is 0 Å². The van der Waals surface area contributed by atoms with E-state index in [9.17, 15) is 4.79 Å². The summed E-state index contributed by atoms with van der Waals surface area (Å²) in [5.74, 6) is 1.71. The zero-order chi connectivity index (χ0) is 18.8. The molecular formula is C23H30O2S. The fourth-order valence-corrected chi connectivity index (χ4v) is 4.40. The molecule has 1 unspecified atom stereocenters. The van der Waals surface area contributed by atoms with E-state index in [1.807, 2.05) is 12.1 Å². The molecule has 2 aromatic carbocycles. The van der Waals surface area contributed by atoms with Gasteiger partial charge in [0, 0.05) is 16.1 Å². The molecule has 2 aromatic rings. The number of carbonyl (C=O) groups is 1. The van der Waals surface area contributed by atoms with Gasteiger partial charge in [0.15, 0.2) is 0 Å². The van der Waals surface area contributed by atoms with Crippen LogP contribution in [0.1, 0.15) is 50.7 Å².